The Morgan fingerprint density at radius 1 is 0.920 bits per heavy atom. The quantitative estimate of drug-likeness (QED) is 0.666. The molecular formula is C21H17ClFNO. The second-order valence-electron chi connectivity index (χ2n) is 5.74. The molecule has 0 heterocycles. The van der Waals surface area contributed by atoms with Gasteiger partial charge >= 0.3 is 0 Å². The van der Waals surface area contributed by atoms with Gasteiger partial charge in [-0.1, -0.05) is 66.2 Å². The van der Waals surface area contributed by atoms with Crippen LogP contribution in [0.2, 0.25) is 5.02 Å². The van der Waals surface area contributed by atoms with Crippen LogP contribution in [0.3, 0.4) is 0 Å². The number of anilines is 1. The lowest BCUT2D eigenvalue weighted by Crippen LogP contribution is -2.16. The number of hydrogen-bond acceptors (Lipinski definition) is 1. The standard InChI is InChI=1S/C21H17ClFNO/c22-18-10-6-11-19(23)17(18)14-21(25)24-20-12-5-4-9-16(20)13-15-7-2-1-3-8-15/h1-12H,13-14H2,(H,24,25). The Labute approximate surface area is 151 Å². The molecule has 0 aromatic heterocycles. The summed E-state index contributed by atoms with van der Waals surface area (Å²) >= 11 is 6.00. The molecule has 0 atom stereocenters. The molecule has 3 aromatic carbocycles. The summed E-state index contributed by atoms with van der Waals surface area (Å²) in [5.74, 6) is -0.771. The number of rotatable bonds is 5. The van der Waals surface area contributed by atoms with E-state index < -0.39 is 5.82 Å². The molecule has 0 aliphatic heterocycles. The number of para-hydroxylation sites is 1. The Morgan fingerprint density at radius 3 is 2.40 bits per heavy atom. The fourth-order valence-corrected chi connectivity index (χ4v) is 2.90. The lowest BCUT2D eigenvalue weighted by molar-refractivity contribution is -0.115. The van der Waals surface area contributed by atoms with E-state index in [4.69, 9.17) is 11.6 Å². The highest BCUT2D eigenvalue weighted by Crippen LogP contribution is 2.22. The van der Waals surface area contributed by atoms with Crippen molar-refractivity contribution in [3.63, 3.8) is 0 Å². The van der Waals surface area contributed by atoms with Crippen molar-refractivity contribution in [2.45, 2.75) is 12.8 Å². The maximum absolute atomic E-state index is 13.9. The van der Waals surface area contributed by atoms with Crippen molar-refractivity contribution in [1.29, 1.82) is 0 Å². The topological polar surface area (TPSA) is 29.1 Å². The van der Waals surface area contributed by atoms with Crippen LogP contribution in [0.25, 0.3) is 0 Å². The summed E-state index contributed by atoms with van der Waals surface area (Å²) in [7, 11) is 0. The molecule has 0 saturated heterocycles. The van der Waals surface area contributed by atoms with Gasteiger partial charge in [0.25, 0.3) is 0 Å². The van der Waals surface area contributed by atoms with Gasteiger partial charge in [-0.2, -0.15) is 0 Å². The Bertz CT molecular complexity index is 860. The minimum atomic E-state index is -0.472. The van der Waals surface area contributed by atoms with Crippen molar-refractivity contribution in [3.05, 3.63) is 100 Å². The average molecular weight is 354 g/mol. The van der Waals surface area contributed by atoms with E-state index in [1.165, 1.54) is 12.1 Å². The summed E-state index contributed by atoms with van der Waals surface area (Å²) in [5.41, 5.74) is 3.09. The average Bonchev–Trinajstić information content (AvgIpc) is 2.61. The van der Waals surface area contributed by atoms with Gasteiger partial charge in [-0.05, 0) is 35.7 Å². The Morgan fingerprint density at radius 2 is 1.64 bits per heavy atom. The highest BCUT2D eigenvalue weighted by molar-refractivity contribution is 6.31. The maximum Gasteiger partial charge on any atom is 0.228 e. The predicted molar refractivity (Wildman–Crippen MR) is 99.4 cm³/mol. The third-order valence-electron chi connectivity index (χ3n) is 3.93. The van der Waals surface area contributed by atoms with E-state index in [-0.39, 0.29) is 22.9 Å². The molecule has 3 aromatic rings. The number of halogens is 2. The first-order chi connectivity index (χ1) is 12.1. The summed E-state index contributed by atoms with van der Waals surface area (Å²) in [6.45, 7) is 0. The van der Waals surface area contributed by atoms with Gasteiger partial charge in [-0.25, -0.2) is 4.39 Å². The Hall–Kier alpha value is -2.65. The van der Waals surface area contributed by atoms with Crippen LogP contribution in [0.1, 0.15) is 16.7 Å². The molecule has 0 spiro atoms. The molecule has 0 aliphatic carbocycles. The van der Waals surface area contributed by atoms with Crippen molar-refractivity contribution in [3.8, 4) is 0 Å². The van der Waals surface area contributed by atoms with Crippen LogP contribution >= 0.6 is 11.6 Å². The van der Waals surface area contributed by atoms with Gasteiger partial charge in [0.2, 0.25) is 5.91 Å². The smallest absolute Gasteiger partial charge is 0.228 e. The van der Waals surface area contributed by atoms with Crippen LogP contribution in [0.15, 0.2) is 72.8 Å². The lowest BCUT2D eigenvalue weighted by atomic mass is 10.0. The maximum atomic E-state index is 13.9. The summed E-state index contributed by atoms with van der Waals surface area (Å²) in [4.78, 5) is 12.4. The van der Waals surface area contributed by atoms with Gasteiger partial charge in [0.1, 0.15) is 5.82 Å². The fourth-order valence-electron chi connectivity index (χ4n) is 2.67. The molecule has 0 fully saturated rings. The molecule has 126 valence electrons. The second kappa shape index (κ2) is 7.95. The Kier molecular flexibility index (Phi) is 5.46. The van der Waals surface area contributed by atoms with Crippen molar-refractivity contribution in [2.75, 3.05) is 5.32 Å². The minimum absolute atomic E-state index is 0.106. The largest absolute Gasteiger partial charge is 0.326 e. The molecule has 3 rings (SSSR count). The summed E-state index contributed by atoms with van der Waals surface area (Å²) in [5, 5.41) is 3.13. The van der Waals surface area contributed by atoms with Gasteiger partial charge < -0.3 is 5.32 Å². The van der Waals surface area contributed by atoms with Gasteiger partial charge in [-0.3, -0.25) is 4.79 Å². The number of carbonyl (C=O) groups excluding carboxylic acids is 1. The molecule has 1 amide bonds. The monoisotopic (exact) mass is 353 g/mol. The molecule has 0 aliphatic rings. The highest BCUT2D eigenvalue weighted by Gasteiger charge is 2.13. The van der Waals surface area contributed by atoms with Gasteiger partial charge in [0.05, 0.1) is 6.42 Å². The molecular weight excluding hydrogens is 337 g/mol. The van der Waals surface area contributed by atoms with E-state index in [1.54, 1.807) is 6.07 Å². The molecule has 25 heavy (non-hydrogen) atoms. The van der Waals surface area contributed by atoms with Crippen LogP contribution < -0.4 is 5.32 Å². The fraction of sp³-hybridized carbons (Fsp3) is 0.0952. The predicted octanol–water partition coefficient (Wildman–Crippen LogP) is 5.25. The van der Waals surface area contributed by atoms with Crippen LogP contribution in [-0.2, 0) is 17.6 Å². The van der Waals surface area contributed by atoms with E-state index in [9.17, 15) is 9.18 Å². The summed E-state index contributed by atoms with van der Waals surface area (Å²) in [6.07, 6.45) is 0.600. The SMILES string of the molecule is O=C(Cc1c(F)cccc1Cl)Nc1ccccc1Cc1ccccc1. The molecule has 4 heteroatoms. The first-order valence-electron chi connectivity index (χ1n) is 7.98. The summed E-state index contributed by atoms with van der Waals surface area (Å²) in [6, 6.07) is 22.0. The van der Waals surface area contributed by atoms with E-state index in [0.717, 1.165) is 16.8 Å². The molecule has 2 nitrogen and oxygen atoms in total. The number of hydrogen-bond donors (Lipinski definition) is 1. The molecule has 0 unspecified atom stereocenters. The molecule has 0 radical (unpaired) electrons. The highest BCUT2D eigenvalue weighted by atomic mass is 35.5. The van der Waals surface area contributed by atoms with Crippen LogP contribution in [0.4, 0.5) is 10.1 Å². The van der Waals surface area contributed by atoms with Gasteiger partial charge in [0, 0.05) is 16.3 Å². The lowest BCUT2D eigenvalue weighted by Gasteiger charge is -2.12. The van der Waals surface area contributed by atoms with Crippen LogP contribution in [-0.4, -0.2) is 5.91 Å². The number of benzene rings is 3. The number of amides is 1. The normalized spacial score (nSPS) is 10.5. The molecule has 0 saturated carbocycles. The van der Waals surface area contributed by atoms with Crippen molar-refractivity contribution < 1.29 is 9.18 Å². The number of carbonyl (C=O) groups is 1. The van der Waals surface area contributed by atoms with Crippen LogP contribution in [0, 0.1) is 5.82 Å². The zero-order valence-corrected chi connectivity index (χ0v) is 14.3. The van der Waals surface area contributed by atoms with Crippen LogP contribution in [0.5, 0.6) is 0 Å². The van der Waals surface area contributed by atoms with E-state index in [1.807, 2.05) is 54.6 Å². The van der Waals surface area contributed by atoms with Crippen molar-refractivity contribution in [1.82, 2.24) is 0 Å². The Balaban J connectivity index is 1.76. The second-order valence-corrected chi connectivity index (χ2v) is 6.15. The minimum Gasteiger partial charge on any atom is -0.326 e. The molecule has 0 bridgehead atoms. The van der Waals surface area contributed by atoms with Gasteiger partial charge in [0.15, 0.2) is 0 Å². The number of nitrogens with one attached hydrogen (secondary N) is 1. The zero-order valence-electron chi connectivity index (χ0n) is 13.5. The first kappa shape index (κ1) is 17.2. The zero-order chi connectivity index (χ0) is 17.6. The van der Waals surface area contributed by atoms with E-state index in [0.29, 0.717) is 6.42 Å². The van der Waals surface area contributed by atoms with E-state index >= 15 is 0 Å². The third-order valence-corrected chi connectivity index (χ3v) is 4.28. The van der Waals surface area contributed by atoms with E-state index in [2.05, 4.69) is 5.32 Å². The molecule has 1 N–H and O–H groups in total. The first-order valence-corrected chi connectivity index (χ1v) is 8.36. The van der Waals surface area contributed by atoms with Gasteiger partial charge in [-0.15, -0.1) is 0 Å². The summed E-state index contributed by atoms with van der Waals surface area (Å²) < 4.78 is 13.9. The van der Waals surface area contributed by atoms with Crippen molar-refractivity contribution in [2.24, 2.45) is 0 Å². The third kappa shape index (κ3) is 4.46. The van der Waals surface area contributed by atoms with Crippen molar-refractivity contribution >= 4 is 23.2 Å².